The van der Waals surface area contributed by atoms with Gasteiger partial charge in [0.25, 0.3) is 0 Å². The molecule has 2 heteroatoms. The van der Waals surface area contributed by atoms with Gasteiger partial charge in [0.1, 0.15) is 0 Å². The van der Waals surface area contributed by atoms with Crippen molar-refractivity contribution in [3.63, 3.8) is 0 Å². The van der Waals surface area contributed by atoms with Crippen LogP contribution in [0.25, 0.3) is 11.1 Å². The summed E-state index contributed by atoms with van der Waals surface area (Å²) in [6.07, 6.45) is 4.50. The number of nitrogens with one attached hydrogen (secondary N) is 1. The molecule has 2 saturated carbocycles. The number of carbonyl (C=O) groups is 1. The lowest BCUT2D eigenvalue weighted by Gasteiger charge is -2.19. The van der Waals surface area contributed by atoms with Gasteiger partial charge in [-0.1, -0.05) is 93.6 Å². The molecule has 0 saturated heterocycles. The highest BCUT2D eigenvalue weighted by Gasteiger charge is 2.38. The Morgan fingerprint density at radius 3 is 2.03 bits per heavy atom. The number of rotatable bonds is 8. The second-order valence-corrected chi connectivity index (χ2v) is 11.0. The van der Waals surface area contributed by atoms with Crippen LogP contribution in [0.3, 0.4) is 0 Å². The van der Waals surface area contributed by atoms with Gasteiger partial charge in [-0.05, 0) is 65.0 Å². The molecular weight excluding hydrogens is 402 g/mol. The first kappa shape index (κ1) is 22.1. The lowest BCUT2D eigenvalue weighted by molar-refractivity contribution is 0.0993. The molecule has 170 valence electrons. The molecule has 0 radical (unpaired) electrons. The largest absolute Gasteiger partial charge is 0.313 e. The van der Waals surface area contributed by atoms with E-state index in [4.69, 9.17) is 0 Å². The van der Waals surface area contributed by atoms with Crippen molar-refractivity contribution < 1.29 is 4.79 Å². The Balaban J connectivity index is 1.17. The van der Waals surface area contributed by atoms with E-state index >= 15 is 0 Å². The molecular formula is C31H35NO. The summed E-state index contributed by atoms with van der Waals surface area (Å²) in [5.41, 5.74) is 7.08. The van der Waals surface area contributed by atoms with E-state index in [1.165, 1.54) is 42.5 Å². The van der Waals surface area contributed by atoms with E-state index < -0.39 is 0 Å². The molecule has 33 heavy (non-hydrogen) atoms. The minimum absolute atomic E-state index is 0.153. The predicted octanol–water partition coefficient (Wildman–Crippen LogP) is 6.93. The monoisotopic (exact) mass is 437 g/mol. The Kier molecular flexibility index (Phi) is 5.97. The number of hydrogen-bond donors (Lipinski definition) is 1. The summed E-state index contributed by atoms with van der Waals surface area (Å²) in [7, 11) is 0. The highest BCUT2D eigenvalue weighted by Crippen LogP contribution is 2.41. The van der Waals surface area contributed by atoms with Gasteiger partial charge in [-0.2, -0.15) is 0 Å². The zero-order valence-electron chi connectivity index (χ0n) is 20.1. The summed E-state index contributed by atoms with van der Waals surface area (Å²) in [6, 6.07) is 26.1. The second-order valence-electron chi connectivity index (χ2n) is 11.0. The maximum absolute atomic E-state index is 12.8. The Labute approximate surface area is 198 Å². The van der Waals surface area contributed by atoms with Gasteiger partial charge < -0.3 is 5.32 Å². The normalized spacial score (nSPS) is 20.0. The number of benzene rings is 3. The van der Waals surface area contributed by atoms with Crippen LogP contribution in [0.4, 0.5) is 0 Å². The van der Waals surface area contributed by atoms with Gasteiger partial charge in [0, 0.05) is 23.9 Å². The van der Waals surface area contributed by atoms with Crippen LogP contribution < -0.4 is 5.32 Å². The summed E-state index contributed by atoms with van der Waals surface area (Å²) in [4.78, 5) is 12.8. The smallest absolute Gasteiger partial charge is 0.167 e. The fourth-order valence-corrected chi connectivity index (χ4v) is 4.61. The molecule has 2 unspecified atom stereocenters. The molecule has 2 nitrogen and oxygen atoms in total. The van der Waals surface area contributed by atoms with E-state index in [0.29, 0.717) is 18.4 Å². The van der Waals surface area contributed by atoms with E-state index in [2.05, 4.69) is 86.8 Å². The maximum atomic E-state index is 12.8. The topological polar surface area (TPSA) is 29.1 Å². The first-order valence-electron chi connectivity index (χ1n) is 12.4. The molecule has 3 aromatic rings. The van der Waals surface area contributed by atoms with Crippen molar-refractivity contribution in [2.45, 2.75) is 63.8 Å². The molecule has 0 aromatic heterocycles. The highest BCUT2D eigenvalue weighted by molar-refractivity contribution is 5.97. The minimum Gasteiger partial charge on any atom is -0.313 e. The second kappa shape index (κ2) is 8.91. The summed E-state index contributed by atoms with van der Waals surface area (Å²) < 4.78 is 0. The van der Waals surface area contributed by atoms with Crippen molar-refractivity contribution in [2.75, 3.05) is 6.54 Å². The first-order valence-corrected chi connectivity index (χ1v) is 12.4. The molecule has 2 fully saturated rings. The summed E-state index contributed by atoms with van der Waals surface area (Å²) in [5.74, 6) is 1.76. The predicted molar refractivity (Wildman–Crippen MR) is 137 cm³/mol. The Hall–Kier alpha value is -2.71. The fourth-order valence-electron chi connectivity index (χ4n) is 4.61. The third-order valence-corrected chi connectivity index (χ3v) is 7.22. The lowest BCUT2D eigenvalue weighted by Crippen LogP contribution is -2.20. The average Bonchev–Trinajstić information content (AvgIpc) is 3.73. The number of carbonyl (C=O) groups excluding carboxylic acids is 1. The third-order valence-electron chi connectivity index (χ3n) is 7.22. The van der Waals surface area contributed by atoms with Crippen molar-refractivity contribution in [1.82, 2.24) is 5.32 Å². The van der Waals surface area contributed by atoms with Crippen LogP contribution >= 0.6 is 0 Å². The maximum Gasteiger partial charge on any atom is 0.167 e. The van der Waals surface area contributed by atoms with Crippen LogP contribution in [-0.2, 0) is 11.8 Å². The third kappa shape index (κ3) is 5.45. The van der Waals surface area contributed by atoms with Crippen molar-refractivity contribution >= 4 is 5.78 Å². The molecule has 2 aliphatic rings. The summed E-state index contributed by atoms with van der Waals surface area (Å²) >= 11 is 0. The van der Waals surface area contributed by atoms with Crippen molar-refractivity contribution in [1.29, 1.82) is 0 Å². The van der Waals surface area contributed by atoms with Crippen LogP contribution in [0.15, 0.2) is 72.8 Å². The Bertz CT molecular complexity index is 1100. The minimum atomic E-state index is 0.153. The number of ketones is 1. The number of Topliss-reactive ketones (excluding diaryl/α,β-unsaturated/α-hetero) is 1. The average molecular weight is 438 g/mol. The van der Waals surface area contributed by atoms with Gasteiger partial charge in [-0.3, -0.25) is 4.79 Å². The molecule has 5 rings (SSSR count). The lowest BCUT2D eigenvalue weighted by atomic mass is 9.86. The highest BCUT2D eigenvalue weighted by atomic mass is 16.1. The van der Waals surface area contributed by atoms with Gasteiger partial charge in [-0.15, -0.1) is 0 Å². The fraction of sp³-hybridized carbons (Fsp3) is 0.387. The van der Waals surface area contributed by atoms with Crippen LogP contribution in [0.1, 0.15) is 73.0 Å². The molecule has 0 aliphatic heterocycles. The molecule has 0 heterocycles. The summed E-state index contributed by atoms with van der Waals surface area (Å²) in [6.45, 7) is 7.87. The molecule has 0 bridgehead atoms. The van der Waals surface area contributed by atoms with Crippen LogP contribution in [0.2, 0.25) is 0 Å². The van der Waals surface area contributed by atoms with E-state index in [-0.39, 0.29) is 11.2 Å². The zero-order valence-corrected chi connectivity index (χ0v) is 20.1. The van der Waals surface area contributed by atoms with E-state index in [1.807, 2.05) is 12.1 Å². The van der Waals surface area contributed by atoms with Gasteiger partial charge in [-0.25, -0.2) is 0 Å². The molecule has 2 atom stereocenters. The quantitative estimate of drug-likeness (QED) is 0.387. The van der Waals surface area contributed by atoms with Crippen molar-refractivity contribution in [2.24, 2.45) is 5.92 Å². The summed E-state index contributed by atoms with van der Waals surface area (Å²) in [5, 5.41) is 3.71. The van der Waals surface area contributed by atoms with Gasteiger partial charge in [0.15, 0.2) is 5.78 Å². The van der Waals surface area contributed by atoms with Crippen molar-refractivity contribution in [3.05, 3.63) is 95.1 Å². The Morgan fingerprint density at radius 1 is 0.848 bits per heavy atom. The SMILES string of the molecule is CC(C)(C)c1ccc(-c2ccc(C(=O)Cc3ccc(C4CC4NCC4CC4)cc3)cc2)cc1. The van der Waals surface area contributed by atoms with E-state index in [9.17, 15) is 4.79 Å². The molecule has 1 N–H and O–H groups in total. The van der Waals surface area contributed by atoms with Gasteiger partial charge in [0.05, 0.1) is 0 Å². The molecule has 3 aromatic carbocycles. The first-order chi connectivity index (χ1) is 15.9. The van der Waals surface area contributed by atoms with Gasteiger partial charge in [0.2, 0.25) is 0 Å². The number of hydrogen-bond acceptors (Lipinski definition) is 2. The van der Waals surface area contributed by atoms with E-state index in [0.717, 1.165) is 22.6 Å². The van der Waals surface area contributed by atoms with Crippen LogP contribution in [0, 0.1) is 5.92 Å². The Morgan fingerprint density at radius 2 is 1.45 bits per heavy atom. The standard InChI is InChI=1S/C31H35NO/c1-31(2,3)27-16-14-24(15-17-27)23-10-12-26(13-11-23)30(33)18-21-6-8-25(9-7-21)28-19-29(28)32-20-22-4-5-22/h6-17,22,28-29,32H,4-5,18-20H2,1-3H3. The molecule has 0 amide bonds. The van der Waals surface area contributed by atoms with Gasteiger partial charge >= 0.3 is 0 Å². The van der Waals surface area contributed by atoms with Crippen LogP contribution in [0.5, 0.6) is 0 Å². The van der Waals surface area contributed by atoms with E-state index in [1.54, 1.807) is 0 Å². The molecule has 0 spiro atoms. The molecule has 2 aliphatic carbocycles. The zero-order chi connectivity index (χ0) is 23.0. The van der Waals surface area contributed by atoms with Crippen LogP contribution in [-0.4, -0.2) is 18.4 Å². The van der Waals surface area contributed by atoms with Crippen molar-refractivity contribution in [3.8, 4) is 11.1 Å².